The molecule has 0 radical (unpaired) electrons. The van der Waals surface area contributed by atoms with Crippen LogP contribution in [0.25, 0.3) is 5.76 Å². The number of alkyl halides is 3. The highest BCUT2D eigenvalue weighted by Crippen LogP contribution is 2.45. The van der Waals surface area contributed by atoms with Gasteiger partial charge in [-0.1, -0.05) is 11.8 Å². The fourth-order valence-corrected chi connectivity index (χ4v) is 4.49. The lowest BCUT2D eigenvalue weighted by atomic mass is 10.0. The van der Waals surface area contributed by atoms with Crippen LogP contribution in [0.1, 0.15) is 47.8 Å². The number of carbonyl (C=O) groups is 1. The molecule has 0 aliphatic carbocycles. The molecule has 0 amide bonds. The molecule has 0 spiro atoms. The molecule has 174 valence electrons. The van der Waals surface area contributed by atoms with Crippen molar-refractivity contribution in [3.8, 4) is 11.8 Å². The highest BCUT2D eigenvalue weighted by atomic mass is 32.2. The third-order valence-electron chi connectivity index (χ3n) is 4.33. The van der Waals surface area contributed by atoms with Crippen molar-refractivity contribution in [1.82, 2.24) is 0 Å². The quantitative estimate of drug-likeness (QED) is 0.246. The van der Waals surface area contributed by atoms with E-state index < -0.39 is 32.1 Å². The van der Waals surface area contributed by atoms with E-state index in [0.717, 1.165) is 0 Å². The van der Waals surface area contributed by atoms with E-state index in [4.69, 9.17) is 4.74 Å². The van der Waals surface area contributed by atoms with Crippen LogP contribution in [0.2, 0.25) is 0 Å². The normalized spacial score (nSPS) is 14.9. The van der Waals surface area contributed by atoms with E-state index in [1.165, 1.54) is 23.9 Å². The minimum atomic E-state index is -5.83. The van der Waals surface area contributed by atoms with Gasteiger partial charge in [-0.2, -0.15) is 21.6 Å². The lowest BCUT2D eigenvalue weighted by Gasteiger charge is -2.28. The minimum Gasteiger partial charge on any atom is -0.462 e. The zero-order chi connectivity index (χ0) is 24.4. The zero-order valence-electron chi connectivity index (χ0n) is 17.8. The van der Waals surface area contributed by atoms with Gasteiger partial charge in [0, 0.05) is 26.3 Å². The van der Waals surface area contributed by atoms with Crippen molar-refractivity contribution in [2.24, 2.45) is 0 Å². The van der Waals surface area contributed by atoms with Gasteiger partial charge in [0.05, 0.1) is 12.2 Å². The number of fused-ring (bicyclic) bond motifs is 1. The maximum Gasteiger partial charge on any atom is 0.534 e. The Morgan fingerprint density at radius 3 is 2.27 bits per heavy atom. The van der Waals surface area contributed by atoms with Crippen LogP contribution in [0.3, 0.4) is 0 Å². The standard InChI is InChI=1S/C23H19F3O5S2/c1-4-30-21(27)17-10-7-15(8-11-17)5-6-16-9-12-20-18(13-16)19(14-22(2,3)32-20)31-33(28,29)23(24,25)26/h7-14H,4H2,1-3H3. The Hall–Kier alpha value is -2.90. The van der Waals surface area contributed by atoms with Gasteiger partial charge in [0.1, 0.15) is 5.76 Å². The molecule has 3 rings (SSSR count). The number of hydrogen-bond donors (Lipinski definition) is 0. The largest absolute Gasteiger partial charge is 0.534 e. The summed E-state index contributed by atoms with van der Waals surface area (Å²) in [6.45, 7) is 5.44. The van der Waals surface area contributed by atoms with Gasteiger partial charge in [-0.25, -0.2) is 4.79 Å². The van der Waals surface area contributed by atoms with E-state index in [0.29, 0.717) is 21.6 Å². The van der Waals surface area contributed by atoms with E-state index in [2.05, 4.69) is 16.0 Å². The van der Waals surface area contributed by atoms with Crippen LogP contribution < -0.4 is 0 Å². The molecule has 10 heteroatoms. The molecule has 0 saturated heterocycles. The van der Waals surface area contributed by atoms with Crippen molar-refractivity contribution in [2.45, 2.75) is 35.9 Å². The van der Waals surface area contributed by atoms with Crippen molar-refractivity contribution in [1.29, 1.82) is 0 Å². The monoisotopic (exact) mass is 496 g/mol. The first-order valence-corrected chi connectivity index (χ1v) is 11.9. The Kier molecular flexibility index (Phi) is 6.86. The average Bonchev–Trinajstić information content (AvgIpc) is 2.71. The number of esters is 1. The number of benzene rings is 2. The molecule has 33 heavy (non-hydrogen) atoms. The number of halogens is 3. The fraction of sp³-hybridized carbons (Fsp3) is 0.261. The van der Waals surface area contributed by atoms with Gasteiger partial charge >= 0.3 is 21.6 Å². The predicted octanol–water partition coefficient (Wildman–Crippen LogP) is 5.35. The smallest absolute Gasteiger partial charge is 0.462 e. The lowest BCUT2D eigenvalue weighted by Crippen LogP contribution is -2.26. The maximum atomic E-state index is 12.9. The first kappa shape index (κ1) is 24.7. The Labute approximate surface area is 194 Å². The third-order valence-corrected chi connectivity index (χ3v) is 6.51. The predicted molar refractivity (Wildman–Crippen MR) is 119 cm³/mol. The van der Waals surface area contributed by atoms with Crippen LogP contribution in [0, 0.1) is 11.8 Å². The van der Waals surface area contributed by atoms with Crippen LogP contribution in [-0.4, -0.2) is 31.2 Å². The molecule has 0 atom stereocenters. The summed E-state index contributed by atoms with van der Waals surface area (Å²) in [7, 11) is -5.83. The van der Waals surface area contributed by atoms with Gasteiger partial charge in [0.15, 0.2) is 0 Å². The van der Waals surface area contributed by atoms with E-state index in [1.54, 1.807) is 57.2 Å². The number of rotatable bonds is 4. The highest BCUT2D eigenvalue weighted by Gasteiger charge is 2.49. The molecule has 1 heterocycles. The number of ether oxygens (including phenoxy) is 1. The Balaban J connectivity index is 1.92. The van der Waals surface area contributed by atoms with Crippen LogP contribution in [-0.2, 0) is 19.0 Å². The van der Waals surface area contributed by atoms with Gasteiger partial charge in [-0.15, -0.1) is 11.8 Å². The first-order valence-electron chi connectivity index (χ1n) is 9.67. The second kappa shape index (κ2) is 9.15. The summed E-state index contributed by atoms with van der Waals surface area (Å²) in [5.74, 6) is 4.95. The van der Waals surface area contributed by atoms with Crippen molar-refractivity contribution in [3.05, 3.63) is 70.8 Å². The van der Waals surface area contributed by atoms with Gasteiger partial charge < -0.3 is 8.92 Å². The van der Waals surface area contributed by atoms with E-state index in [1.807, 2.05) is 0 Å². The SMILES string of the molecule is CCOC(=O)c1ccc(C#Cc2ccc3c(c2)C(OS(=O)(=O)C(F)(F)F)=CC(C)(C)S3)cc1. The lowest BCUT2D eigenvalue weighted by molar-refractivity contribution is -0.0509. The van der Waals surface area contributed by atoms with E-state index >= 15 is 0 Å². The molecule has 1 aliphatic rings. The Morgan fingerprint density at radius 1 is 1.06 bits per heavy atom. The minimum absolute atomic E-state index is 0.205. The molecule has 0 aromatic heterocycles. The van der Waals surface area contributed by atoms with Crippen LogP contribution in [0.5, 0.6) is 0 Å². The summed E-state index contributed by atoms with van der Waals surface area (Å²) in [4.78, 5) is 12.3. The summed E-state index contributed by atoms with van der Waals surface area (Å²) in [5, 5.41) is 0. The van der Waals surface area contributed by atoms with Gasteiger partial charge in [-0.3, -0.25) is 0 Å². The number of carbonyl (C=O) groups excluding carboxylic acids is 1. The second-order valence-corrected chi connectivity index (χ2v) is 10.7. The topological polar surface area (TPSA) is 69.7 Å². The number of thioether (sulfide) groups is 1. The average molecular weight is 497 g/mol. The molecule has 0 fully saturated rings. The van der Waals surface area contributed by atoms with Crippen LogP contribution >= 0.6 is 11.8 Å². The molecule has 2 aromatic rings. The Bertz CT molecular complexity index is 1270. The number of hydrogen-bond acceptors (Lipinski definition) is 6. The van der Waals surface area contributed by atoms with Crippen molar-refractivity contribution >= 4 is 33.6 Å². The third kappa shape index (κ3) is 5.92. The summed E-state index contributed by atoms with van der Waals surface area (Å²) in [6, 6.07) is 11.2. The first-order chi connectivity index (χ1) is 15.3. The highest BCUT2D eigenvalue weighted by molar-refractivity contribution is 8.01. The maximum absolute atomic E-state index is 12.9. The Morgan fingerprint density at radius 2 is 1.67 bits per heavy atom. The molecular weight excluding hydrogens is 477 g/mol. The van der Waals surface area contributed by atoms with Gasteiger partial charge in [-0.05, 0) is 69.3 Å². The summed E-state index contributed by atoms with van der Waals surface area (Å²) in [6.07, 6.45) is 1.34. The summed E-state index contributed by atoms with van der Waals surface area (Å²) in [5.41, 5.74) is -3.91. The molecule has 1 aliphatic heterocycles. The van der Waals surface area contributed by atoms with E-state index in [9.17, 15) is 26.4 Å². The van der Waals surface area contributed by atoms with Gasteiger partial charge in [0.2, 0.25) is 0 Å². The molecule has 2 aromatic carbocycles. The summed E-state index contributed by atoms with van der Waals surface area (Å²) >= 11 is 1.36. The summed E-state index contributed by atoms with van der Waals surface area (Å²) < 4.78 is 70.5. The van der Waals surface area contributed by atoms with Crippen LogP contribution in [0.15, 0.2) is 53.4 Å². The molecule has 0 saturated carbocycles. The molecular formula is C23H19F3O5S2. The van der Waals surface area contributed by atoms with E-state index in [-0.39, 0.29) is 12.2 Å². The van der Waals surface area contributed by atoms with Crippen molar-refractivity contribution in [3.63, 3.8) is 0 Å². The van der Waals surface area contributed by atoms with Crippen LogP contribution in [0.4, 0.5) is 13.2 Å². The molecule has 0 bridgehead atoms. The zero-order valence-corrected chi connectivity index (χ0v) is 19.5. The molecule has 0 unspecified atom stereocenters. The van der Waals surface area contributed by atoms with Crippen molar-refractivity contribution in [2.75, 3.05) is 6.61 Å². The van der Waals surface area contributed by atoms with Crippen molar-refractivity contribution < 1.29 is 35.3 Å². The molecule has 5 nitrogen and oxygen atoms in total. The molecule has 0 N–H and O–H groups in total. The van der Waals surface area contributed by atoms with Gasteiger partial charge in [0.25, 0.3) is 0 Å². The fourth-order valence-electron chi connectivity index (χ4n) is 2.88. The second-order valence-electron chi connectivity index (χ2n) is 7.46.